The average Bonchev–Trinajstić information content (AvgIpc) is 3.29. The van der Waals surface area contributed by atoms with Gasteiger partial charge in [0.15, 0.2) is 0 Å². The summed E-state index contributed by atoms with van der Waals surface area (Å²) in [5.41, 5.74) is 0. The number of aliphatic hydroxyl groups is 2. The standard InChI is InChI=1S/C58H105NO5/c1-4-7-10-13-16-19-22-25-27-28-29-30-31-33-36-39-42-45-48-51-58(63)64-54(49-46-43-40-37-34-24-21-18-15-12-9-6-3)52-57(62)59-55(53-60)56(61)50-47-44-41-38-35-32-26-23-20-17-14-11-8-5-2/h7,10,16,19,25,27,29-30,33,36,54-56,60-61H,4-6,8-9,11-15,17-18,20-24,26,28,31-32,34-35,37-53H2,1-3H3,(H,59,62)/b10-7-,19-16-,27-25-,30-29-,36-33-. The van der Waals surface area contributed by atoms with E-state index < -0.39 is 18.2 Å². The van der Waals surface area contributed by atoms with Crippen LogP contribution in [0.3, 0.4) is 0 Å². The van der Waals surface area contributed by atoms with Gasteiger partial charge in [-0.15, -0.1) is 0 Å². The van der Waals surface area contributed by atoms with Gasteiger partial charge >= 0.3 is 5.97 Å². The molecule has 6 nitrogen and oxygen atoms in total. The number of hydrogen-bond acceptors (Lipinski definition) is 5. The van der Waals surface area contributed by atoms with Crippen molar-refractivity contribution in [3.8, 4) is 0 Å². The minimum absolute atomic E-state index is 0.0654. The molecule has 64 heavy (non-hydrogen) atoms. The maximum atomic E-state index is 13.2. The Morgan fingerprint density at radius 3 is 1.27 bits per heavy atom. The maximum Gasteiger partial charge on any atom is 0.306 e. The number of allylic oxidation sites excluding steroid dienone is 10. The highest BCUT2D eigenvalue weighted by molar-refractivity contribution is 5.77. The number of ether oxygens (including phenoxy) is 1. The van der Waals surface area contributed by atoms with Crippen LogP contribution in [-0.4, -0.2) is 46.9 Å². The van der Waals surface area contributed by atoms with E-state index in [1.807, 2.05) is 0 Å². The van der Waals surface area contributed by atoms with Crippen LogP contribution >= 0.6 is 0 Å². The summed E-state index contributed by atoms with van der Waals surface area (Å²) in [6, 6.07) is -0.708. The fourth-order valence-corrected chi connectivity index (χ4v) is 8.22. The first-order valence-electron chi connectivity index (χ1n) is 27.5. The molecule has 3 atom stereocenters. The minimum Gasteiger partial charge on any atom is -0.462 e. The highest BCUT2D eigenvalue weighted by Crippen LogP contribution is 2.18. The zero-order chi connectivity index (χ0) is 46.7. The van der Waals surface area contributed by atoms with Crippen LogP contribution in [0, 0.1) is 0 Å². The average molecular weight is 896 g/mol. The molecule has 0 bridgehead atoms. The Hall–Kier alpha value is -2.44. The molecular weight excluding hydrogens is 791 g/mol. The molecule has 0 aromatic rings. The summed E-state index contributed by atoms with van der Waals surface area (Å²) in [5, 5.41) is 23.8. The van der Waals surface area contributed by atoms with Crippen LogP contribution in [0.2, 0.25) is 0 Å². The first-order chi connectivity index (χ1) is 31.5. The van der Waals surface area contributed by atoms with E-state index in [4.69, 9.17) is 4.74 Å². The lowest BCUT2D eigenvalue weighted by atomic mass is 10.0. The summed E-state index contributed by atoms with van der Waals surface area (Å²) in [5.74, 6) is -0.504. The maximum absolute atomic E-state index is 13.2. The third-order valence-corrected chi connectivity index (χ3v) is 12.4. The number of carbonyl (C=O) groups is 2. The van der Waals surface area contributed by atoms with Gasteiger partial charge in [-0.1, -0.05) is 248 Å². The second-order valence-electron chi connectivity index (χ2n) is 18.6. The molecule has 0 radical (unpaired) electrons. The zero-order valence-corrected chi connectivity index (χ0v) is 42.4. The summed E-state index contributed by atoms with van der Waals surface area (Å²) < 4.78 is 5.93. The second-order valence-corrected chi connectivity index (χ2v) is 18.6. The number of esters is 1. The molecule has 0 fully saturated rings. The van der Waals surface area contributed by atoms with Crippen LogP contribution in [0.15, 0.2) is 60.8 Å². The van der Waals surface area contributed by atoms with Gasteiger partial charge < -0.3 is 20.3 Å². The molecule has 0 saturated carbocycles. The van der Waals surface area contributed by atoms with Gasteiger partial charge in [0.25, 0.3) is 0 Å². The van der Waals surface area contributed by atoms with Crippen molar-refractivity contribution in [1.82, 2.24) is 5.32 Å². The fourth-order valence-electron chi connectivity index (χ4n) is 8.22. The van der Waals surface area contributed by atoms with Crippen molar-refractivity contribution in [3.05, 3.63) is 60.8 Å². The lowest BCUT2D eigenvalue weighted by Crippen LogP contribution is -2.46. The predicted octanol–water partition coefficient (Wildman–Crippen LogP) is 16.8. The molecule has 0 spiro atoms. The number of unbranched alkanes of at least 4 members (excludes halogenated alkanes) is 27. The van der Waals surface area contributed by atoms with Gasteiger partial charge in [-0.2, -0.15) is 0 Å². The summed E-state index contributed by atoms with van der Waals surface area (Å²) in [4.78, 5) is 26.2. The Balaban J connectivity index is 4.57. The van der Waals surface area contributed by atoms with E-state index in [1.165, 1.54) is 135 Å². The van der Waals surface area contributed by atoms with Gasteiger partial charge in [-0.05, 0) is 70.6 Å². The second kappa shape index (κ2) is 51.5. The largest absolute Gasteiger partial charge is 0.462 e. The third kappa shape index (κ3) is 46.1. The fraction of sp³-hybridized carbons (Fsp3) is 0.793. The van der Waals surface area contributed by atoms with E-state index in [0.717, 1.165) is 89.9 Å². The number of amides is 1. The summed E-state index contributed by atoms with van der Waals surface area (Å²) >= 11 is 0. The van der Waals surface area contributed by atoms with E-state index >= 15 is 0 Å². The summed E-state index contributed by atoms with van der Waals surface area (Å²) in [7, 11) is 0. The highest BCUT2D eigenvalue weighted by atomic mass is 16.5. The Kier molecular flexibility index (Phi) is 49.6. The number of nitrogens with one attached hydrogen (secondary N) is 1. The molecule has 372 valence electrons. The van der Waals surface area contributed by atoms with Crippen LogP contribution in [0.1, 0.15) is 271 Å². The van der Waals surface area contributed by atoms with Gasteiger partial charge in [-0.25, -0.2) is 0 Å². The van der Waals surface area contributed by atoms with Gasteiger partial charge in [0.2, 0.25) is 5.91 Å². The number of carbonyl (C=O) groups excluding carboxylic acids is 2. The molecule has 3 N–H and O–H groups in total. The van der Waals surface area contributed by atoms with Crippen molar-refractivity contribution in [2.45, 2.75) is 289 Å². The normalized spacial score (nSPS) is 13.6. The lowest BCUT2D eigenvalue weighted by Gasteiger charge is -2.24. The summed E-state index contributed by atoms with van der Waals surface area (Å²) in [6.45, 7) is 6.38. The van der Waals surface area contributed by atoms with E-state index in [0.29, 0.717) is 19.3 Å². The van der Waals surface area contributed by atoms with Crippen molar-refractivity contribution in [1.29, 1.82) is 0 Å². The Bertz CT molecular complexity index is 1140. The number of rotatable bonds is 49. The monoisotopic (exact) mass is 896 g/mol. The van der Waals surface area contributed by atoms with E-state index in [9.17, 15) is 19.8 Å². The number of aliphatic hydroxyl groups excluding tert-OH is 2. The topological polar surface area (TPSA) is 95.9 Å². The smallest absolute Gasteiger partial charge is 0.306 e. The molecule has 0 saturated heterocycles. The van der Waals surface area contributed by atoms with Crippen molar-refractivity contribution in [2.24, 2.45) is 0 Å². The molecular formula is C58H105NO5. The minimum atomic E-state index is -0.793. The number of hydrogen-bond donors (Lipinski definition) is 3. The third-order valence-electron chi connectivity index (χ3n) is 12.4. The molecule has 0 aromatic carbocycles. The van der Waals surface area contributed by atoms with E-state index in [-0.39, 0.29) is 24.9 Å². The molecule has 0 heterocycles. The van der Waals surface area contributed by atoms with Crippen molar-refractivity contribution in [3.63, 3.8) is 0 Å². The van der Waals surface area contributed by atoms with E-state index in [2.05, 4.69) is 86.8 Å². The van der Waals surface area contributed by atoms with Crippen LogP contribution < -0.4 is 5.32 Å². The molecule has 0 aliphatic rings. The molecule has 0 aliphatic carbocycles. The molecule has 6 heteroatoms. The van der Waals surface area contributed by atoms with Crippen LogP contribution in [0.5, 0.6) is 0 Å². The van der Waals surface area contributed by atoms with Crippen molar-refractivity contribution >= 4 is 11.9 Å². The first-order valence-corrected chi connectivity index (χ1v) is 27.5. The predicted molar refractivity (Wildman–Crippen MR) is 278 cm³/mol. The first kappa shape index (κ1) is 61.6. The van der Waals surface area contributed by atoms with Crippen molar-refractivity contribution < 1.29 is 24.5 Å². The molecule has 3 unspecified atom stereocenters. The molecule has 0 aliphatic heterocycles. The Morgan fingerprint density at radius 1 is 0.469 bits per heavy atom. The van der Waals surface area contributed by atoms with E-state index in [1.54, 1.807) is 0 Å². The van der Waals surface area contributed by atoms with Crippen LogP contribution in [0.4, 0.5) is 0 Å². The molecule has 0 rings (SSSR count). The molecule has 1 amide bonds. The van der Waals surface area contributed by atoms with Crippen LogP contribution in [0.25, 0.3) is 0 Å². The SMILES string of the molecule is CC/C=C\C/C=C\C/C=C\C/C=C\C/C=C\CCCCCC(=O)OC(CCCCCCCCCCCCCC)CC(=O)NC(CO)C(O)CCCCCCCCCCCCCCCC. The van der Waals surface area contributed by atoms with Crippen molar-refractivity contribution in [2.75, 3.05) is 6.61 Å². The van der Waals surface area contributed by atoms with Gasteiger partial charge in [-0.3, -0.25) is 9.59 Å². The Morgan fingerprint density at radius 2 is 0.844 bits per heavy atom. The van der Waals surface area contributed by atoms with Gasteiger partial charge in [0.05, 0.1) is 25.2 Å². The highest BCUT2D eigenvalue weighted by Gasteiger charge is 2.24. The van der Waals surface area contributed by atoms with Gasteiger partial charge in [0.1, 0.15) is 6.10 Å². The summed E-state index contributed by atoms with van der Waals surface area (Å²) in [6.07, 6.45) is 64.2. The van der Waals surface area contributed by atoms with Gasteiger partial charge in [0, 0.05) is 6.42 Å². The molecule has 0 aromatic heterocycles. The Labute approximate surface area is 397 Å². The zero-order valence-electron chi connectivity index (χ0n) is 42.4. The lowest BCUT2D eigenvalue weighted by molar-refractivity contribution is -0.151. The van der Waals surface area contributed by atoms with Crippen LogP contribution in [-0.2, 0) is 14.3 Å². The quantitative estimate of drug-likeness (QED) is 0.0321.